The number of carbonyl (C=O) groups is 3. The van der Waals surface area contributed by atoms with Crippen molar-refractivity contribution in [2.75, 3.05) is 6.61 Å². The number of nitrogens with one attached hydrogen (secondary N) is 1. The third-order valence-corrected chi connectivity index (χ3v) is 5.51. The number of rotatable bonds is 21. The van der Waals surface area contributed by atoms with Gasteiger partial charge in [-0.25, -0.2) is 4.79 Å². The Morgan fingerprint density at radius 2 is 1.19 bits per heavy atom. The van der Waals surface area contributed by atoms with Gasteiger partial charge >= 0.3 is 5.97 Å². The van der Waals surface area contributed by atoms with E-state index in [0.717, 1.165) is 25.2 Å². The van der Waals surface area contributed by atoms with Crippen LogP contribution in [0, 0.1) is 5.92 Å². The highest BCUT2D eigenvalue weighted by Gasteiger charge is 2.21. The van der Waals surface area contributed by atoms with E-state index in [-0.39, 0.29) is 18.7 Å². The fourth-order valence-corrected chi connectivity index (χ4v) is 3.65. The molecule has 0 aliphatic heterocycles. The molecule has 1 atom stereocenters. The second-order valence-electron chi connectivity index (χ2n) is 9.20. The molecule has 6 heteroatoms. The Hall–Kier alpha value is -1.59. The molecular weight excluding hydrogens is 392 g/mol. The number of unbranched alkanes of at least 4 members (excludes halogenated alkanes) is 12. The van der Waals surface area contributed by atoms with Gasteiger partial charge in [-0.05, 0) is 18.8 Å². The lowest BCUT2D eigenvalue weighted by atomic mass is 10.0. The summed E-state index contributed by atoms with van der Waals surface area (Å²) < 4.78 is 5.25. The number of amides is 2. The lowest BCUT2D eigenvalue weighted by molar-refractivity contribution is -0.148. The number of primary amides is 1. The SMILES string of the molecule is CC(=O)N[C@@H](CCC(N)=O)C(=O)OCCCCCCCCCCCCCCCC(C)C. The van der Waals surface area contributed by atoms with Crippen molar-refractivity contribution in [2.24, 2.45) is 11.7 Å². The van der Waals surface area contributed by atoms with Crippen LogP contribution in [0.25, 0.3) is 0 Å². The van der Waals surface area contributed by atoms with E-state index >= 15 is 0 Å². The van der Waals surface area contributed by atoms with Gasteiger partial charge in [0.15, 0.2) is 0 Å². The maximum atomic E-state index is 12.1. The van der Waals surface area contributed by atoms with Crippen molar-refractivity contribution in [2.45, 2.75) is 130 Å². The van der Waals surface area contributed by atoms with Crippen molar-refractivity contribution in [3.8, 4) is 0 Å². The maximum absolute atomic E-state index is 12.1. The van der Waals surface area contributed by atoms with Crippen molar-refractivity contribution in [3.05, 3.63) is 0 Å². The smallest absolute Gasteiger partial charge is 0.328 e. The molecule has 31 heavy (non-hydrogen) atoms. The first-order valence-electron chi connectivity index (χ1n) is 12.5. The Morgan fingerprint density at radius 3 is 1.61 bits per heavy atom. The molecule has 2 amide bonds. The van der Waals surface area contributed by atoms with Gasteiger partial charge in [-0.3, -0.25) is 9.59 Å². The lowest BCUT2D eigenvalue weighted by Gasteiger charge is -2.16. The molecule has 3 N–H and O–H groups in total. The highest BCUT2D eigenvalue weighted by molar-refractivity contribution is 5.84. The van der Waals surface area contributed by atoms with Crippen LogP contribution in [0.4, 0.5) is 0 Å². The number of ether oxygens (including phenoxy) is 1. The van der Waals surface area contributed by atoms with Gasteiger partial charge in [0.2, 0.25) is 11.8 Å². The molecule has 0 heterocycles. The van der Waals surface area contributed by atoms with Crippen LogP contribution in [-0.4, -0.2) is 30.4 Å². The minimum absolute atomic E-state index is 0.0400. The van der Waals surface area contributed by atoms with E-state index in [2.05, 4.69) is 19.2 Å². The Labute approximate surface area is 190 Å². The Balaban J connectivity index is 3.50. The molecule has 182 valence electrons. The summed E-state index contributed by atoms with van der Waals surface area (Å²) in [4.78, 5) is 34.2. The monoisotopic (exact) mass is 440 g/mol. The van der Waals surface area contributed by atoms with Gasteiger partial charge in [0.25, 0.3) is 0 Å². The first kappa shape index (κ1) is 29.4. The third kappa shape index (κ3) is 21.4. The molecule has 0 aromatic heterocycles. The Morgan fingerprint density at radius 1 is 0.742 bits per heavy atom. The third-order valence-electron chi connectivity index (χ3n) is 5.51. The van der Waals surface area contributed by atoms with Gasteiger partial charge in [-0.15, -0.1) is 0 Å². The average Bonchev–Trinajstić information content (AvgIpc) is 2.69. The minimum Gasteiger partial charge on any atom is -0.464 e. The zero-order valence-corrected chi connectivity index (χ0v) is 20.4. The topological polar surface area (TPSA) is 98.5 Å². The fraction of sp³-hybridized carbons (Fsp3) is 0.880. The summed E-state index contributed by atoms with van der Waals surface area (Å²) in [5, 5.41) is 2.52. The molecular formula is C25H48N2O4. The van der Waals surface area contributed by atoms with Gasteiger partial charge in [0.05, 0.1) is 6.61 Å². The summed E-state index contributed by atoms with van der Waals surface area (Å²) in [5.41, 5.74) is 5.11. The van der Waals surface area contributed by atoms with Crippen LogP contribution in [0.2, 0.25) is 0 Å². The summed E-state index contributed by atoms with van der Waals surface area (Å²) in [7, 11) is 0. The van der Waals surface area contributed by atoms with E-state index < -0.39 is 17.9 Å². The van der Waals surface area contributed by atoms with Crippen LogP contribution >= 0.6 is 0 Å². The maximum Gasteiger partial charge on any atom is 0.328 e. The van der Waals surface area contributed by atoms with E-state index in [4.69, 9.17) is 10.5 Å². The molecule has 0 aliphatic carbocycles. The predicted molar refractivity (Wildman–Crippen MR) is 126 cm³/mol. The van der Waals surface area contributed by atoms with E-state index in [9.17, 15) is 14.4 Å². The Bertz CT molecular complexity index is 480. The second-order valence-corrected chi connectivity index (χ2v) is 9.20. The molecule has 0 rings (SSSR count). The van der Waals surface area contributed by atoms with Crippen LogP contribution < -0.4 is 11.1 Å². The summed E-state index contributed by atoms with van der Waals surface area (Å²) >= 11 is 0. The van der Waals surface area contributed by atoms with Crippen LogP contribution in [-0.2, 0) is 19.1 Å². The molecule has 0 saturated carbocycles. The summed E-state index contributed by atoms with van der Waals surface area (Å²) in [6.45, 7) is 6.29. The number of esters is 1. The molecule has 0 spiro atoms. The second kappa shape index (κ2) is 20.3. The Kier molecular flexibility index (Phi) is 19.3. The molecule has 0 radical (unpaired) electrons. The normalized spacial score (nSPS) is 12.0. The molecule has 6 nitrogen and oxygen atoms in total. The number of hydrogen-bond acceptors (Lipinski definition) is 4. The first-order valence-corrected chi connectivity index (χ1v) is 12.5. The summed E-state index contributed by atoms with van der Waals surface area (Å²) in [6, 6.07) is -0.801. The highest BCUT2D eigenvalue weighted by atomic mass is 16.5. The van der Waals surface area contributed by atoms with Gasteiger partial charge in [-0.2, -0.15) is 0 Å². The number of hydrogen-bond donors (Lipinski definition) is 2. The molecule has 0 bridgehead atoms. The largest absolute Gasteiger partial charge is 0.464 e. The first-order chi connectivity index (χ1) is 14.8. The van der Waals surface area contributed by atoms with E-state index in [1.807, 2.05) is 0 Å². The fourth-order valence-electron chi connectivity index (χ4n) is 3.65. The summed E-state index contributed by atoms with van der Waals surface area (Å²) in [5.74, 6) is -0.471. The highest BCUT2D eigenvalue weighted by Crippen LogP contribution is 2.14. The van der Waals surface area contributed by atoms with Crippen molar-refractivity contribution >= 4 is 17.8 Å². The molecule has 0 aromatic carbocycles. The van der Waals surface area contributed by atoms with E-state index in [1.165, 1.54) is 77.6 Å². The zero-order valence-electron chi connectivity index (χ0n) is 20.4. The van der Waals surface area contributed by atoms with E-state index in [1.54, 1.807) is 0 Å². The van der Waals surface area contributed by atoms with Gasteiger partial charge in [-0.1, -0.05) is 97.3 Å². The quantitative estimate of drug-likeness (QED) is 0.184. The molecule has 0 aliphatic rings. The zero-order chi connectivity index (χ0) is 23.3. The average molecular weight is 441 g/mol. The molecule has 0 aromatic rings. The lowest BCUT2D eigenvalue weighted by Crippen LogP contribution is -2.41. The summed E-state index contributed by atoms with van der Waals surface area (Å²) in [6.07, 6.45) is 18.1. The van der Waals surface area contributed by atoms with Crippen LogP contribution in [0.1, 0.15) is 124 Å². The van der Waals surface area contributed by atoms with Crippen LogP contribution in [0.5, 0.6) is 0 Å². The molecule has 0 saturated heterocycles. The van der Waals surface area contributed by atoms with Crippen molar-refractivity contribution in [1.82, 2.24) is 5.32 Å². The van der Waals surface area contributed by atoms with Crippen molar-refractivity contribution in [3.63, 3.8) is 0 Å². The van der Waals surface area contributed by atoms with Crippen molar-refractivity contribution in [1.29, 1.82) is 0 Å². The predicted octanol–water partition coefficient (Wildman–Crippen LogP) is 5.42. The minimum atomic E-state index is -0.801. The van der Waals surface area contributed by atoms with Crippen LogP contribution in [0.15, 0.2) is 0 Å². The van der Waals surface area contributed by atoms with E-state index in [0.29, 0.717) is 6.61 Å². The standard InChI is InChI=1S/C25H48N2O4/c1-21(2)17-15-13-11-9-7-5-4-6-8-10-12-14-16-20-31-25(30)23(27-22(3)28)18-19-24(26)29/h21,23H,4-20H2,1-3H3,(H2,26,29)(H,27,28)/t23-/m0/s1. The number of nitrogens with two attached hydrogens (primary N) is 1. The van der Waals surface area contributed by atoms with Crippen molar-refractivity contribution < 1.29 is 19.1 Å². The molecule has 0 fully saturated rings. The van der Waals surface area contributed by atoms with Crippen LogP contribution in [0.3, 0.4) is 0 Å². The molecule has 0 unspecified atom stereocenters. The van der Waals surface area contributed by atoms with Gasteiger partial charge in [0.1, 0.15) is 6.04 Å². The number of carbonyl (C=O) groups excluding carboxylic acids is 3. The van der Waals surface area contributed by atoms with Gasteiger partial charge in [0, 0.05) is 13.3 Å². The van der Waals surface area contributed by atoms with Gasteiger partial charge < -0.3 is 15.8 Å².